The fourth-order valence-electron chi connectivity index (χ4n) is 4.97. The fraction of sp³-hybridized carbons (Fsp3) is 0.333. The van der Waals surface area contributed by atoms with Crippen molar-refractivity contribution in [2.75, 3.05) is 10.8 Å². The van der Waals surface area contributed by atoms with Gasteiger partial charge in [0.15, 0.2) is 0 Å². The van der Waals surface area contributed by atoms with Crippen LogP contribution in [0.2, 0.25) is 15.1 Å². The zero-order valence-corrected chi connectivity index (χ0v) is 25.7. The van der Waals surface area contributed by atoms with Crippen LogP contribution in [-0.4, -0.2) is 43.8 Å². The molecule has 0 aromatic heterocycles. The molecule has 7 nitrogen and oxygen atoms in total. The molecule has 0 aliphatic heterocycles. The van der Waals surface area contributed by atoms with Crippen LogP contribution < -0.4 is 9.62 Å². The van der Waals surface area contributed by atoms with Gasteiger partial charge in [-0.3, -0.25) is 13.9 Å². The van der Waals surface area contributed by atoms with Gasteiger partial charge in [-0.15, -0.1) is 0 Å². The normalized spacial score (nSPS) is 14.4. The number of hydrogen-bond acceptors (Lipinski definition) is 4. The number of sulfonamides is 1. The maximum absolute atomic E-state index is 14.1. The summed E-state index contributed by atoms with van der Waals surface area (Å²) in [4.78, 5) is 29.0. The molecule has 41 heavy (non-hydrogen) atoms. The molecule has 0 spiro atoms. The molecule has 1 fully saturated rings. The van der Waals surface area contributed by atoms with E-state index in [0.717, 1.165) is 35.6 Å². The molecule has 3 aromatic carbocycles. The highest BCUT2D eigenvalue weighted by molar-refractivity contribution is 7.92. The standard InChI is InChI=1S/C30H32Cl3N3O4S/c1-2-28(30(38)34-25-7-3-4-8-25)35(19-21-10-12-22(31)13-11-21)29(37)20-36(26-9-5-6-24(33)18-26)41(39,40)27-16-14-23(32)15-17-27/h5-6,9-18,25,28H,2-4,7-8,19-20H2,1H3,(H,34,38)/t28-/m1/s1. The molecule has 1 aliphatic rings. The van der Waals surface area contributed by atoms with Crippen molar-refractivity contribution in [3.8, 4) is 0 Å². The van der Waals surface area contributed by atoms with Crippen LogP contribution in [0.15, 0.2) is 77.7 Å². The zero-order chi connectivity index (χ0) is 29.6. The number of halogens is 3. The number of carbonyl (C=O) groups excluding carboxylic acids is 2. The van der Waals surface area contributed by atoms with Gasteiger partial charge in [-0.2, -0.15) is 0 Å². The topological polar surface area (TPSA) is 86.8 Å². The van der Waals surface area contributed by atoms with Crippen LogP contribution in [0, 0.1) is 0 Å². The average molecular weight is 637 g/mol. The molecule has 1 saturated carbocycles. The number of carbonyl (C=O) groups is 2. The largest absolute Gasteiger partial charge is 0.352 e. The predicted molar refractivity (Wildman–Crippen MR) is 164 cm³/mol. The number of nitrogens with one attached hydrogen (secondary N) is 1. The van der Waals surface area contributed by atoms with Crippen molar-refractivity contribution in [1.82, 2.24) is 10.2 Å². The van der Waals surface area contributed by atoms with Crippen molar-refractivity contribution in [2.24, 2.45) is 0 Å². The molecule has 1 aliphatic carbocycles. The number of amides is 2. The van der Waals surface area contributed by atoms with E-state index in [9.17, 15) is 18.0 Å². The molecule has 4 rings (SSSR count). The van der Waals surface area contributed by atoms with E-state index < -0.39 is 28.5 Å². The number of rotatable bonds is 11. The summed E-state index contributed by atoms with van der Waals surface area (Å²) in [5.41, 5.74) is 0.973. The van der Waals surface area contributed by atoms with E-state index in [0.29, 0.717) is 21.5 Å². The van der Waals surface area contributed by atoms with Crippen LogP contribution in [0.5, 0.6) is 0 Å². The number of hydrogen-bond donors (Lipinski definition) is 1. The van der Waals surface area contributed by atoms with Crippen LogP contribution in [0.25, 0.3) is 0 Å². The van der Waals surface area contributed by atoms with E-state index in [-0.39, 0.29) is 29.1 Å². The average Bonchev–Trinajstić information content (AvgIpc) is 3.45. The summed E-state index contributed by atoms with van der Waals surface area (Å²) in [6.45, 7) is 1.38. The Hall–Kier alpha value is -2.78. The molecule has 0 unspecified atom stereocenters. The second kappa shape index (κ2) is 13.9. The first-order valence-electron chi connectivity index (χ1n) is 13.5. The third-order valence-electron chi connectivity index (χ3n) is 7.13. The summed E-state index contributed by atoms with van der Waals surface area (Å²) in [6.07, 6.45) is 4.24. The molecule has 1 atom stereocenters. The van der Waals surface area contributed by atoms with Crippen molar-refractivity contribution in [3.05, 3.63) is 93.4 Å². The highest BCUT2D eigenvalue weighted by Crippen LogP contribution is 2.28. The van der Waals surface area contributed by atoms with Gasteiger partial charge in [0.05, 0.1) is 10.6 Å². The van der Waals surface area contributed by atoms with Crippen LogP contribution in [0.1, 0.15) is 44.6 Å². The quantitative estimate of drug-likeness (QED) is 0.254. The molecule has 11 heteroatoms. The van der Waals surface area contributed by atoms with E-state index in [4.69, 9.17) is 34.8 Å². The minimum atomic E-state index is -4.22. The lowest BCUT2D eigenvalue weighted by Crippen LogP contribution is -2.53. The van der Waals surface area contributed by atoms with Gasteiger partial charge in [-0.25, -0.2) is 8.42 Å². The molecule has 218 valence electrons. The Labute approximate surface area is 256 Å². The first-order chi connectivity index (χ1) is 19.6. The lowest BCUT2D eigenvalue weighted by molar-refractivity contribution is -0.140. The predicted octanol–water partition coefficient (Wildman–Crippen LogP) is 6.71. The van der Waals surface area contributed by atoms with Gasteiger partial charge in [-0.1, -0.05) is 72.8 Å². The molecule has 3 aromatic rings. The number of anilines is 1. The second-order valence-electron chi connectivity index (χ2n) is 10.0. The summed E-state index contributed by atoms with van der Waals surface area (Å²) in [5.74, 6) is -0.789. The minimum Gasteiger partial charge on any atom is -0.352 e. The third-order valence-corrected chi connectivity index (χ3v) is 9.66. The Morgan fingerprint density at radius 3 is 2.10 bits per heavy atom. The Morgan fingerprint density at radius 2 is 1.51 bits per heavy atom. The summed E-state index contributed by atoms with van der Waals surface area (Å²) in [7, 11) is -4.22. The highest BCUT2D eigenvalue weighted by atomic mass is 35.5. The zero-order valence-electron chi connectivity index (χ0n) is 22.6. The first kappa shape index (κ1) is 31.2. The monoisotopic (exact) mass is 635 g/mol. The van der Waals surface area contributed by atoms with Crippen molar-refractivity contribution < 1.29 is 18.0 Å². The Balaban J connectivity index is 1.71. The van der Waals surface area contributed by atoms with E-state index in [1.807, 2.05) is 6.92 Å². The molecular formula is C30H32Cl3N3O4S. The van der Waals surface area contributed by atoms with E-state index in [1.165, 1.54) is 35.2 Å². The van der Waals surface area contributed by atoms with Gasteiger partial charge in [0.25, 0.3) is 10.0 Å². The van der Waals surface area contributed by atoms with Crippen LogP contribution in [0.3, 0.4) is 0 Å². The van der Waals surface area contributed by atoms with Gasteiger partial charge in [0.1, 0.15) is 12.6 Å². The second-order valence-corrected chi connectivity index (χ2v) is 13.2. The van der Waals surface area contributed by atoms with E-state index in [2.05, 4.69) is 5.32 Å². The molecule has 0 saturated heterocycles. The van der Waals surface area contributed by atoms with Crippen molar-refractivity contribution >= 4 is 62.3 Å². The molecule has 1 N–H and O–H groups in total. The molecule has 0 heterocycles. The SMILES string of the molecule is CC[C@H](C(=O)NC1CCCC1)N(Cc1ccc(Cl)cc1)C(=O)CN(c1cccc(Cl)c1)S(=O)(=O)c1ccc(Cl)cc1. The van der Waals surface area contributed by atoms with Gasteiger partial charge in [0, 0.05) is 27.7 Å². The lowest BCUT2D eigenvalue weighted by Gasteiger charge is -2.33. The lowest BCUT2D eigenvalue weighted by atomic mass is 10.1. The minimum absolute atomic E-state index is 0.0371. The summed E-state index contributed by atoms with van der Waals surface area (Å²) >= 11 is 18.3. The van der Waals surface area contributed by atoms with E-state index >= 15 is 0 Å². The first-order valence-corrected chi connectivity index (χ1v) is 16.0. The Bertz CT molecular complexity index is 1460. The maximum atomic E-state index is 14.1. The summed E-state index contributed by atoms with van der Waals surface area (Å²) < 4.78 is 28.8. The third kappa shape index (κ3) is 7.95. The number of nitrogens with zero attached hydrogens (tertiary/aromatic N) is 2. The van der Waals surface area contributed by atoms with Crippen molar-refractivity contribution in [2.45, 2.75) is 62.6 Å². The van der Waals surface area contributed by atoms with Crippen LogP contribution in [0.4, 0.5) is 5.69 Å². The van der Waals surface area contributed by atoms with Crippen LogP contribution >= 0.6 is 34.8 Å². The highest BCUT2D eigenvalue weighted by Gasteiger charge is 2.34. The summed E-state index contributed by atoms with van der Waals surface area (Å²) in [5, 5.41) is 4.33. The van der Waals surface area contributed by atoms with Crippen molar-refractivity contribution in [1.29, 1.82) is 0 Å². The fourth-order valence-corrected chi connectivity index (χ4v) is 6.81. The maximum Gasteiger partial charge on any atom is 0.264 e. The Kier molecular flexibility index (Phi) is 10.6. The molecule has 0 bridgehead atoms. The van der Waals surface area contributed by atoms with Gasteiger partial charge in [-0.05, 0) is 79.4 Å². The van der Waals surface area contributed by atoms with Gasteiger partial charge in [0.2, 0.25) is 11.8 Å². The smallest absolute Gasteiger partial charge is 0.264 e. The Morgan fingerprint density at radius 1 is 0.902 bits per heavy atom. The number of benzene rings is 3. The van der Waals surface area contributed by atoms with Gasteiger partial charge < -0.3 is 10.2 Å². The van der Waals surface area contributed by atoms with Crippen LogP contribution in [-0.2, 0) is 26.2 Å². The molecular weight excluding hydrogens is 605 g/mol. The molecule has 0 radical (unpaired) electrons. The van der Waals surface area contributed by atoms with Gasteiger partial charge >= 0.3 is 0 Å². The van der Waals surface area contributed by atoms with E-state index in [1.54, 1.807) is 42.5 Å². The molecule has 2 amide bonds. The van der Waals surface area contributed by atoms with Crippen molar-refractivity contribution in [3.63, 3.8) is 0 Å². The summed E-state index contributed by atoms with van der Waals surface area (Å²) in [6, 6.07) is 18.2.